The zero-order valence-electron chi connectivity index (χ0n) is 12.0. The number of hydrogen-bond donors (Lipinski definition) is 2. The molecular weight excluding hydrogens is 304 g/mol. The van der Waals surface area contributed by atoms with Crippen molar-refractivity contribution in [2.24, 2.45) is 0 Å². The van der Waals surface area contributed by atoms with Gasteiger partial charge in [-0.1, -0.05) is 17.7 Å². The van der Waals surface area contributed by atoms with E-state index in [1.807, 2.05) is 13.0 Å². The van der Waals surface area contributed by atoms with Crippen LogP contribution in [0.15, 0.2) is 36.4 Å². The second-order valence-electron chi connectivity index (χ2n) is 4.90. The third-order valence-corrected chi connectivity index (χ3v) is 3.64. The van der Waals surface area contributed by atoms with Crippen molar-refractivity contribution in [1.29, 1.82) is 0 Å². The van der Waals surface area contributed by atoms with Crippen molar-refractivity contribution in [2.45, 2.75) is 6.92 Å². The van der Waals surface area contributed by atoms with Crippen LogP contribution in [0.5, 0.6) is 11.5 Å². The Labute approximate surface area is 133 Å². The fourth-order valence-electron chi connectivity index (χ4n) is 2.09. The number of rotatable bonds is 2. The molecule has 0 spiro atoms. The number of amides is 2. The molecule has 2 aromatic rings. The Hall–Kier alpha value is -2.40. The van der Waals surface area contributed by atoms with Crippen LogP contribution in [0.2, 0.25) is 5.02 Å². The van der Waals surface area contributed by atoms with E-state index in [1.54, 1.807) is 30.3 Å². The minimum Gasteiger partial charge on any atom is -0.486 e. The number of carbonyl (C=O) groups excluding carboxylic acids is 1. The predicted molar refractivity (Wildman–Crippen MR) is 86.3 cm³/mol. The van der Waals surface area contributed by atoms with E-state index in [2.05, 4.69) is 10.6 Å². The van der Waals surface area contributed by atoms with Crippen molar-refractivity contribution >= 4 is 29.0 Å². The SMILES string of the molecule is Cc1ccc(NC(=O)Nc2ccc3c(c2)OCCO3)cc1Cl. The molecule has 1 aliphatic heterocycles. The molecular formula is C16H15ClN2O3. The number of halogens is 1. The molecule has 3 rings (SSSR count). The summed E-state index contributed by atoms with van der Waals surface area (Å²) in [4.78, 5) is 12.0. The molecule has 1 heterocycles. The van der Waals surface area contributed by atoms with E-state index >= 15 is 0 Å². The smallest absolute Gasteiger partial charge is 0.323 e. The molecule has 0 saturated heterocycles. The number of carbonyl (C=O) groups is 1. The number of benzene rings is 2. The first kappa shape index (κ1) is 14.5. The van der Waals surface area contributed by atoms with E-state index in [1.165, 1.54) is 0 Å². The van der Waals surface area contributed by atoms with E-state index in [0.29, 0.717) is 41.1 Å². The molecule has 0 bridgehead atoms. The van der Waals surface area contributed by atoms with Gasteiger partial charge in [-0.3, -0.25) is 0 Å². The number of hydrogen-bond acceptors (Lipinski definition) is 3. The highest BCUT2D eigenvalue weighted by Crippen LogP contribution is 2.32. The van der Waals surface area contributed by atoms with E-state index in [9.17, 15) is 4.79 Å². The lowest BCUT2D eigenvalue weighted by Gasteiger charge is -2.19. The number of nitrogens with one attached hydrogen (secondary N) is 2. The van der Waals surface area contributed by atoms with E-state index < -0.39 is 0 Å². The minimum absolute atomic E-state index is 0.350. The van der Waals surface area contributed by atoms with Gasteiger partial charge in [-0.2, -0.15) is 0 Å². The van der Waals surface area contributed by atoms with Crippen LogP contribution < -0.4 is 20.1 Å². The zero-order valence-corrected chi connectivity index (χ0v) is 12.7. The van der Waals surface area contributed by atoms with Gasteiger partial charge in [0.25, 0.3) is 0 Å². The second kappa shape index (κ2) is 6.15. The summed E-state index contributed by atoms with van der Waals surface area (Å²) in [6, 6.07) is 10.3. The van der Waals surface area contributed by atoms with Crippen LogP contribution in [0.3, 0.4) is 0 Å². The summed E-state index contributed by atoms with van der Waals surface area (Å²) in [5.74, 6) is 1.31. The highest BCUT2D eigenvalue weighted by Gasteiger charge is 2.12. The number of ether oxygens (including phenoxy) is 2. The maximum absolute atomic E-state index is 12.0. The van der Waals surface area contributed by atoms with Crippen LogP contribution in [0.1, 0.15) is 5.56 Å². The van der Waals surface area contributed by atoms with Crippen LogP contribution >= 0.6 is 11.6 Å². The third-order valence-electron chi connectivity index (χ3n) is 3.23. The Morgan fingerprint density at radius 3 is 2.36 bits per heavy atom. The maximum Gasteiger partial charge on any atom is 0.323 e. The first-order valence-electron chi connectivity index (χ1n) is 6.85. The van der Waals surface area contributed by atoms with Crippen molar-refractivity contribution in [3.8, 4) is 11.5 Å². The van der Waals surface area contributed by atoms with Crippen molar-refractivity contribution in [1.82, 2.24) is 0 Å². The van der Waals surface area contributed by atoms with Crippen molar-refractivity contribution in [2.75, 3.05) is 23.8 Å². The molecule has 22 heavy (non-hydrogen) atoms. The number of urea groups is 1. The van der Waals surface area contributed by atoms with Gasteiger partial charge in [0.2, 0.25) is 0 Å². The Kier molecular flexibility index (Phi) is 4.06. The Balaban J connectivity index is 1.67. The molecule has 0 unspecified atom stereocenters. The summed E-state index contributed by atoms with van der Waals surface area (Å²) in [6.45, 7) is 2.94. The molecule has 0 fully saturated rings. The molecule has 2 N–H and O–H groups in total. The van der Waals surface area contributed by atoms with Gasteiger partial charge in [-0.15, -0.1) is 0 Å². The number of fused-ring (bicyclic) bond motifs is 1. The highest BCUT2D eigenvalue weighted by molar-refractivity contribution is 6.31. The van der Waals surface area contributed by atoms with Crippen LogP contribution in [-0.4, -0.2) is 19.2 Å². The number of anilines is 2. The summed E-state index contributed by atoms with van der Waals surface area (Å²) in [7, 11) is 0. The molecule has 6 heteroatoms. The van der Waals surface area contributed by atoms with Gasteiger partial charge in [-0.05, 0) is 36.8 Å². The standard InChI is InChI=1S/C16H15ClN2O3/c1-10-2-3-11(8-13(10)17)18-16(20)19-12-4-5-14-15(9-12)22-7-6-21-14/h2-5,8-9H,6-7H2,1H3,(H2,18,19,20). The molecule has 0 aromatic heterocycles. The van der Waals surface area contributed by atoms with Crippen LogP contribution in [-0.2, 0) is 0 Å². The predicted octanol–water partition coefficient (Wildman–Crippen LogP) is 4.06. The largest absolute Gasteiger partial charge is 0.486 e. The van der Waals surface area contributed by atoms with E-state index in [4.69, 9.17) is 21.1 Å². The molecule has 1 aliphatic rings. The summed E-state index contributed by atoms with van der Waals surface area (Å²) < 4.78 is 10.9. The van der Waals surface area contributed by atoms with E-state index in [-0.39, 0.29) is 6.03 Å². The summed E-state index contributed by atoms with van der Waals surface area (Å²) in [6.07, 6.45) is 0. The van der Waals surface area contributed by atoms with Gasteiger partial charge in [0.1, 0.15) is 13.2 Å². The number of aryl methyl sites for hydroxylation is 1. The topological polar surface area (TPSA) is 59.6 Å². The van der Waals surface area contributed by atoms with Crippen molar-refractivity contribution in [3.05, 3.63) is 47.0 Å². The summed E-state index contributed by atoms with van der Waals surface area (Å²) in [5.41, 5.74) is 2.21. The lowest BCUT2D eigenvalue weighted by Crippen LogP contribution is -2.20. The molecule has 114 valence electrons. The van der Waals surface area contributed by atoms with Gasteiger partial charge in [0.15, 0.2) is 11.5 Å². The van der Waals surface area contributed by atoms with Crippen LogP contribution in [0, 0.1) is 6.92 Å². The summed E-state index contributed by atoms with van der Waals surface area (Å²) in [5, 5.41) is 6.09. The Bertz CT molecular complexity index is 719. The lowest BCUT2D eigenvalue weighted by molar-refractivity contribution is 0.171. The van der Waals surface area contributed by atoms with Gasteiger partial charge in [0, 0.05) is 22.5 Å². The highest BCUT2D eigenvalue weighted by atomic mass is 35.5. The first-order chi connectivity index (χ1) is 10.6. The van der Waals surface area contributed by atoms with E-state index in [0.717, 1.165) is 5.56 Å². The molecule has 0 atom stereocenters. The Morgan fingerprint density at radius 1 is 1.00 bits per heavy atom. The average Bonchev–Trinajstić information content (AvgIpc) is 2.51. The van der Waals surface area contributed by atoms with Gasteiger partial charge in [0.05, 0.1) is 0 Å². The molecule has 0 radical (unpaired) electrons. The van der Waals surface area contributed by atoms with Crippen LogP contribution in [0.4, 0.5) is 16.2 Å². The second-order valence-corrected chi connectivity index (χ2v) is 5.31. The molecule has 2 aromatic carbocycles. The normalized spacial score (nSPS) is 12.6. The maximum atomic E-state index is 12.0. The van der Waals surface area contributed by atoms with Crippen LogP contribution in [0.25, 0.3) is 0 Å². The minimum atomic E-state index is -0.350. The zero-order chi connectivity index (χ0) is 15.5. The average molecular weight is 319 g/mol. The van der Waals surface area contributed by atoms with Crippen molar-refractivity contribution in [3.63, 3.8) is 0 Å². The fraction of sp³-hybridized carbons (Fsp3) is 0.188. The molecule has 2 amide bonds. The Morgan fingerprint density at radius 2 is 1.64 bits per heavy atom. The first-order valence-corrected chi connectivity index (χ1v) is 7.23. The molecule has 0 aliphatic carbocycles. The lowest BCUT2D eigenvalue weighted by atomic mass is 10.2. The molecule has 0 saturated carbocycles. The molecule has 5 nitrogen and oxygen atoms in total. The monoisotopic (exact) mass is 318 g/mol. The third kappa shape index (κ3) is 3.26. The van der Waals surface area contributed by atoms with Gasteiger partial charge < -0.3 is 20.1 Å². The fourth-order valence-corrected chi connectivity index (χ4v) is 2.27. The quantitative estimate of drug-likeness (QED) is 0.877. The summed E-state index contributed by atoms with van der Waals surface area (Å²) >= 11 is 6.03. The van der Waals surface area contributed by atoms with Gasteiger partial charge >= 0.3 is 6.03 Å². The van der Waals surface area contributed by atoms with Crippen molar-refractivity contribution < 1.29 is 14.3 Å². The van der Waals surface area contributed by atoms with Gasteiger partial charge in [-0.25, -0.2) is 4.79 Å².